The first-order valence-electron chi connectivity index (χ1n) is 6.76. The van der Waals surface area contributed by atoms with Crippen molar-refractivity contribution in [2.75, 3.05) is 32.7 Å². The van der Waals surface area contributed by atoms with Crippen LogP contribution in [0.3, 0.4) is 0 Å². The van der Waals surface area contributed by atoms with Crippen molar-refractivity contribution in [2.24, 2.45) is 5.84 Å². The number of furan rings is 1. The summed E-state index contributed by atoms with van der Waals surface area (Å²) in [5.41, 5.74) is 2.67. The van der Waals surface area contributed by atoms with Crippen molar-refractivity contribution < 1.29 is 9.21 Å². The van der Waals surface area contributed by atoms with Gasteiger partial charge in [0, 0.05) is 26.2 Å². The maximum atomic E-state index is 11.6. The van der Waals surface area contributed by atoms with Gasteiger partial charge >= 0.3 is 0 Å². The average Bonchev–Trinajstić information content (AvgIpc) is 2.88. The van der Waals surface area contributed by atoms with Crippen LogP contribution in [-0.4, -0.2) is 48.4 Å². The molecule has 0 radical (unpaired) electrons. The number of nitrogen functional groups attached to an aromatic ring is 1. The van der Waals surface area contributed by atoms with E-state index in [1.807, 2.05) is 0 Å². The van der Waals surface area contributed by atoms with Crippen molar-refractivity contribution in [1.82, 2.24) is 15.2 Å². The molecule has 1 aliphatic rings. The maximum Gasteiger partial charge on any atom is 0.268 e. The van der Waals surface area contributed by atoms with Gasteiger partial charge in [-0.15, -0.1) is 0 Å². The largest absolute Gasteiger partial charge is 0.467 e. The van der Waals surface area contributed by atoms with Crippen LogP contribution in [0.4, 0.5) is 0 Å². The Morgan fingerprint density at radius 3 is 2.68 bits per heavy atom. The summed E-state index contributed by atoms with van der Waals surface area (Å²) in [6.45, 7) is 8.19. The fraction of sp³-hybridized carbons (Fsp3) is 0.615. The number of hydrazine groups is 1. The maximum absolute atomic E-state index is 11.6. The van der Waals surface area contributed by atoms with Gasteiger partial charge in [0.1, 0.15) is 5.76 Å². The van der Waals surface area contributed by atoms with Gasteiger partial charge in [-0.25, -0.2) is 5.84 Å². The Bertz CT molecular complexity index is 411. The number of carbonyl (C=O) groups excluding carboxylic acids is 1. The third-order valence-electron chi connectivity index (χ3n) is 3.49. The van der Waals surface area contributed by atoms with E-state index in [9.17, 15) is 4.79 Å². The molecule has 0 atom stereocenters. The van der Waals surface area contributed by atoms with Gasteiger partial charge in [-0.2, -0.15) is 0 Å². The summed E-state index contributed by atoms with van der Waals surface area (Å²) in [5.74, 6) is 5.54. The fourth-order valence-corrected chi connectivity index (χ4v) is 2.43. The summed E-state index contributed by atoms with van der Waals surface area (Å²) in [4.78, 5) is 16.3. The van der Waals surface area contributed by atoms with Crippen molar-refractivity contribution >= 4 is 5.91 Å². The summed E-state index contributed by atoms with van der Waals surface area (Å²) < 4.78 is 5.39. The second kappa shape index (κ2) is 6.70. The summed E-state index contributed by atoms with van der Waals surface area (Å²) in [6.07, 6.45) is 2.73. The molecule has 6 heteroatoms. The quantitative estimate of drug-likeness (QED) is 0.459. The van der Waals surface area contributed by atoms with Gasteiger partial charge in [-0.05, 0) is 19.0 Å². The van der Waals surface area contributed by atoms with Crippen molar-refractivity contribution in [3.8, 4) is 0 Å². The highest BCUT2D eigenvalue weighted by Crippen LogP contribution is 2.14. The standard InChI is InChI=1S/C13H22N4O2/c1-2-4-16-5-7-17(8-6-16)10-12-11(3-9-19-12)13(18)15-14/h3,9H,2,4-8,10,14H2,1H3,(H,15,18). The van der Waals surface area contributed by atoms with Crippen molar-refractivity contribution in [3.63, 3.8) is 0 Å². The molecule has 0 bridgehead atoms. The second-order valence-corrected chi connectivity index (χ2v) is 4.85. The van der Waals surface area contributed by atoms with Gasteiger partial charge in [-0.1, -0.05) is 6.92 Å². The number of hydrogen-bond acceptors (Lipinski definition) is 5. The molecule has 2 rings (SSSR count). The summed E-state index contributed by atoms with van der Waals surface area (Å²) in [5, 5.41) is 0. The molecule has 0 saturated carbocycles. The Morgan fingerprint density at radius 2 is 2.05 bits per heavy atom. The molecule has 2 heterocycles. The smallest absolute Gasteiger partial charge is 0.268 e. The number of nitrogens with one attached hydrogen (secondary N) is 1. The van der Waals surface area contributed by atoms with Crippen LogP contribution >= 0.6 is 0 Å². The van der Waals surface area contributed by atoms with Crippen LogP contribution in [0.25, 0.3) is 0 Å². The Kier molecular flexibility index (Phi) is 4.95. The topological polar surface area (TPSA) is 74.7 Å². The van der Waals surface area contributed by atoms with Crippen molar-refractivity contribution in [3.05, 3.63) is 23.7 Å². The van der Waals surface area contributed by atoms with Crippen LogP contribution in [0.15, 0.2) is 16.7 Å². The normalized spacial score (nSPS) is 17.6. The Morgan fingerprint density at radius 1 is 1.37 bits per heavy atom. The lowest BCUT2D eigenvalue weighted by molar-refractivity contribution is 0.0944. The number of nitrogens with zero attached hydrogens (tertiary/aromatic N) is 2. The average molecular weight is 266 g/mol. The monoisotopic (exact) mass is 266 g/mol. The summed E-state index contributed by atoms with van der Waals surface area (Å²) in [6, 6.07) is 1.66. The van der Waals surface area contributed by atoms with Gasteiger partial charge < -0.3 is 9.32 Å². The van der Waals surface area contributed by atoms with E-state index in [0.29, 0.717) is 17.9 Å². The van der Waals surface area contributed by atoms with Gasteiger partial charge in [0.25, 0.3) is 5.91 Å². The lowest BCUT2D eigenvalue weighted by Gasteiger charge is -2.34. The van der Waals surface area contributed by atoms with E-state index in [0.717, 1.165) is 32.7 Å². The zero-order valence-corrected chi connectivity index (χ0v) is 11.4. The molecule has 3 N–H and O–H groups in total. The molecule has 1 fully saturated rings. The van der Waals surface area contributed by atoms with Crippen LogP contribution in [0, 0.1) is 0 Å². The number of amides is 1. The Labute approximate surface area is 113 Å². The molecular formula is C13H22N4O2. The summed E-state index contributed by atoms with van der Waals surface area (Å²) in [7, 11) is 0. The molecule has 1 amide bonds. The highest BCUT2D eigenvalue weighted by atomic mass is 16.3. The van der Waals surface area contributed by atoms with Gasteiger partial charge in [0.15, 0.2) is 0 Å². The first kappa shape index (κ1) is 14.0. The minimum Gasteiger partial charge on any atom is -0.467 e. The predicted molar refractivity (Wildman–Crippen MR) is 72.4 cm³/mol. The first-order chi connectivity index (χ1) is 9.24. The third kappa shape index (κ3) is 3.56. The fourth-order valence-electron chi connectivity index (χ4n) is 2.43. The number of carbonyl (C=O) groups is 1. The molecule has 6 nitrogen and oxygen atoms in total. The molecular weight excluding hydrogens is 244 g/mol. The SMILES string of the molecule is CCCN1CCN(Cc2occc2C(=O)NN)CC1. The van der Waals surface area contributed by atoms with Crippen LogP contribution in [0.5, 0.6) is 0 Å². The lowest BCUT2D eigenvalue weighted by Crippen LogP contribution is -2.46. The molecule has 1 aromatic heterocycles. The predicted octanol–water partition coefficient (Wildman–Crippen LogP) is 0.411. The van der Waals surface area contributed by atoms with Gasteiger partial charge in [0.2, 0.25) is 0 Å². The minimum atomic E-state index is -0.298. The van der Waals surface area contributed by atoms with Crippen LogP contribution in [0.1, 0.15) is 29.5 Å². The van der Waals surface area contributed by atoms with E-state index in [4.69, 9.17) is 10.3 Å². The number of nitrogens with two attached hydrogens (primary N) is 1. The number of piperazine rings is 1. The second-order valence-electron chi connectivity index (χ2n) is 4.85. The Balaban J connectivity index is 1.89. The Hall–Kier alpha value is -1.37. The third-order valence-corrected chi connectivity index (χ3v) is 3.49. The molecule has 1 saturated heterocycles. The van der Waals surface area contributed by atoms with Crippen molar-refractivity contribution in [2.45, 2.75) is 19.9 Å². The highest BCUT2D eigenvalue weighted by Gasteiger charge is 2.20. The van der Waals surface area contributed by atoms with E-state index in [-0.39, 0.29) is 5.91 Å². The molecule has 1 aromatic rings. The van der Waals surface area contributed by atoms with Gasteiger partial charge in [0.05, 0.1) is 18.4 Å². The zero-order chi connectivity index (χ0) is 13.7. The molecule has 0 aliphatic carbocycles. The number of hydrogen-bond donors (Lipinski definition) is 2. The first-order valence-corrected chi connectivity index (χ1v) is 6.76. The van der Waals surface area contributed by atoms with E-state index < -0.39 is 0 Å². The minimum absolute atomic E-state index is 0.298. The van der Waals surface area contributed by atoms with E-state index in [2.05, 4.69) is 22.1 Å². The molecule has 0 unspecified atom stereocenters. The van der Waals surface area contributed by atoms with Crippen LogP contribution in [0.2, 0.25) is 0 Å². The van der Waals surface area contributed by atoms with Crippen LogP contribution < -0.4 is 11.3 Å². The van der Waals surface area contributed by atoms with E-state index in [1.54, 1.807) is 6.07 Å². The van der Waals surface area contributed by atoms with E-state index >= 15 is 0 Å². The lowest BCUT2D eigenvalue weighted by atomic mass is 10.2. The summed E-state index contributed by atoms with van der Waals surface area (Å²) >= 11 is 0. The van der Waals surface area contributed by atoms with Gasteiger partial charge in [-0.3, -0.25) is 15.1 Å². The highest BCUT2D eigenvalue weighted by molar-refractivity contribution is 5.94. The molecule has 0 aromatic carbocycles. The van der Waals surface area contributed by atoms with Crippen molar-refractivity contribution in [1.29, 1.82) is 0 Å². The molecule has 1 aliphatic heterocycles. The van der Waals surface area contributed by atoms with Crippen LogP contribution in [-0.2, 0) is 6.54 Å². The zero-order valence-electron chi connectivity index (χ0n) is 11.4. The molecule has 106 valence electrons. The molecule has 0 spiro atoms. The number of rotatable bonds is 5. The molecule has 19 heavy (non-hydrogen) atoms. The van der Waals surface area contributed by atoms with E-state index in [1.165, 1.54) is 12.7 Å².